The lowest BCUT2D eigenvalue weighted by Gasteiger charge is -2.56. The number of hydrogen-bond donors (Lipinski definition) is 0. The Morgan fingerprint density at radius 1 is 1.25 bits per heavy atom. The predicted octanol–water partition coefficient (Wildman–Crippen LogP) is 3.57. The SMILES string of the molecule is CCC12C[C]3CC(CC(C3)C1)C2. The minimum atomic E-state index is 0.805. The summed E-state index contributed by atoms with van der Waals surface area (Å²) in [6.45, 7) is 2.41. The molecule has 4 bridgehead atoms. The first-order valence-corrected chi connectivity index (χ1v) is 5.63. The molecule has 67 valence electrons. The quantitative estimate of drug-likeness (QED) is 0.554. The van der Waals surface area contributed by atoms with Crippen LogP contribution in [0.1, 0.15) is 51.9 Å². The smallest absolute Gasteiger partial charge is 0.0230 e. The molecule has 0 nitrogen and oxygen atoms in total. The molecule has 4 fully saturated rings. The summed E-state index contributed by atoms with van der Waals surface area (Å²) in [5.74, 6) is 4.16. The average Bonchev–Trinajstić information content (AvgIpc) is 2.02. The summed E-state index contributed by atoms with van der Waals surface area (Å²) < 4.78 is 0. The molecule has 0 saturated heterocycles. The maximum atomic E-state index is 2.41. The van der Waals surface area contributed by atoms with Crippen molar-refractivity contribution in [1.29, 1.82) is 0 Å². The van der Waals surface area contributed by atoms with Crippen LogP contribution in [0.25, 0.3) is 0 Å². The minimum absolute atomic E-state index is 0.805. The summed E-state index contributed by atoms with van der Waals surface area (Å²) in [4.78, 5) is 0. The zero-order valence-corrected chi connectivity index (χ0v) is 8.10. The largest absolute Gasteiger partial charge is 0.0649 e. The van der Waals surface area contributed by atoms with Crippen molar-refractivity contribution < 1.29 is 0 Å². The molecule has 4 saturated carbocycles. The summed E-state index contributed by atoms with van der Waals surface area (Å²) in [6.07, 6.45) is 10.7. The lowest BCUT2D eigenvalue weighted by atomic mass is 9.49. The van der Waals surface area contributed by atoms with Crippen LogP contribution in [-0.4, -0.2) is 0 Å². The highest BCUT2D eigenvalue weighted by Crippen LogP contribution is 2.61. The first-order valence-electron chi connectivity index (χ1n) is 5.63. The van der Waals surface area contributed by atoms with E-state index in [2.05, 4.69) is 6.92 Å². The third-order valence-corrected chi connectivity index (χ3v) is 4.64. The Morgan fingerprint density at radius 2 is 1.92 bits per heavy atom. The Morgan fingerprint density at radius 3 is 2.42 bits per heavy atom. The van der Waals surface area contributed by atoms with Crippen LogP contribution in [-0.2, 0) is 0 Å². The monoisotopic (exact) mass is 163 g/mol. The van der Waals surface area contributed by atoms with Crippen molar-refractivity contribution in [1.82, 2.24) is 0 Å². The van der Waals surface area contributed by atoms with Crippen LogP contribution in [0.3, 0.4) is 0 Å². The van der Waals surface area contributed by atoms with Crippen molar-refractivity contribution in [3.8, 4) is 0 Å². The molecule has 0 aliphatic heterocycles. The lowest BCUT2D eigenvalue weighted by molar-refractivity contribution is 0.00363. The second-order valence-corrected chi connectivity index (χ2v) is 5.56. The minimum Gasteiger partial charge on any atom is -0.0649 e. The molecule has 2 atom stereocenters. The molecule has 0 aromatic heterocycles. The van der Waals surface area contributed by atoms with Gasteiger partial charge in [0.1, 0.15) is 0 Å². The lowest BCUT2D eigenvalue weighted by Crippen LogP contribution is -2.44. The average molecular weight is 163 g/mol. The number of rotatable bonds is 1. The molecule has 1 radical (unpaired) electrons. The zero-order valence-electron chi connectivity index (χ0n) is 8.10. The molecule has 0 amide bonds. The van der Waals surface area contributed by atoms with Gasteiger partial charge in [0.05, 0.1) is 0 Å². The molecule has 0 heteroatoms. The van der Waals surface area contributed by atoms with Crippen LogP contribution >= 0.6 is 0 Å². The summed E-state index contributed by atoms with van der Waals surface area (Å²) in [7, 11) is 0. The molecule has 0 heterocycles. The number of hydrogen-bond acceptors (Lipinski definition) is 0. The van der Waals surface area contributed by atoms with Crippen LogP contribution < -0.4 is 0 Å². The van der Waals surface area contributed by atoms with E-state index in [1.807, 2.05) is 5.92 Å². The topological polar surface area (TPSA) is 0 Å². The third-order valence-electron chi connectivity index (χ3n) is 4.64. The van der Waals surface area contributed by atoms with E-state index in [1.165, 1.54) is 25.7 Å². The molecular weight excluding hydrogens is 144 g/mol. The van der Waals surface area contributed by atoms with Gasteiger partial charge in [-0.05, 0) is 61.7 Å². The van der Waals surface area contributed by atoms with Crippen molar-refractivity contribution in [2.75, 3.05) is 0 Å². The fourth-order valence-corrected chi connectivity index (χ4v) is 4.39. The molecule has 0 aromatic carbocycles. The van der Waals surface area contributed by atoms with E-state index in [9.17, 15) is 0 Å². The van der Waals surface area contributed by atoms with Crippen LogP contribution in [0, 0.1) is 23.2 Å². The Kier molecular flexibility index (Phi) is 1.40. The summed E-state index contributed by atoms with van der Waals surface area (Å²) in [5, 5.41) is 0. The predicted molar refractivity (Wildman–Crippen MR) is 50.6 cm³/mol. The molecule has 2 unspecified atom stereocenters. The first-order chi connectivity index (χ1) is 5.80. The highest BCUT2D eigenvalue weighted by Gasteiger charge is 2.49. The van der Waals surface area contributed by atoms with Crippen molar-refractivity contribution in [3.05, 3.63) is 5.92 Å². The Hall–Kier alpha value is 0. The second kappa shape index (κ2) is 2.27. The van der Waals surface area contributed by atoms with Gasteiger partial charge in [-0.15, -0.1) is 0 Å². The molecule has 0 spiro atoms. The molecule has 0 aromatic rings. The Balaban J connectivity index is 1.90. The zero-order chi connectivity index (χ0) is 8.18. The highest BCUT2D eigenvalue weighted by molar-refractivity contribution is 5.13. The van der Waals surface area contributed by atoms with E-state index in [0.717, 1.165) is 17.3 Å². The highest BCUT2D eigenvalue weighted by atomic mass is 14.5. The van der Waals surface area contributed by atoms with E-state index < -0.39 is 0 Å². The normalized spacial score (nSPS) is 51.8. The Bertz CT molecular complexity index is 157. The fraction of sp³-hybridized carbons (Fsp3) is 0.917. The molecule has 4 aliphatic carbocycles. The molecule has 4 aliphatic rings. The van der Waals surface area contributed by atoms with E-state index in [4.69, 9.17) is 0 Å². The summed E-state index contributed by atoms with van der Waals surface area (Å²) in [5.41, 5.74) is 0.805. The van der Waals surface area contributed by atoms with Crippen LogP contribution in [0.15, 0.2) is 0 Å². The van der Waals surface area contributed by atoms with Gasteiger partial charge in [0.2, 0.25) is 0 Å². The summed E-state index contributed by atoms with van der Waals surface area (Å²) in [6, 6.07) is 0. The van der Waals surface area contributed by atoms with Gasteiger partial charge in [-0.3, -0.25) is 0 Å². The van der Waals surface area contributed by atoms with E-state index in [1.54, 1.807) is 19.3 Å². The van der Waals surface area contributed by atoms with Gasteiger partial charge in [-0.2, -0.15) is 0 Å². The third kappa shape index (κ3) is 0.900. The van der Waals surface area contributed by atoms with Crippen LogP contribution in [0.4, 0.5) is 0 Å². The van der Waals surface area contributed by atoms with E-state index in [0.29, 0.717) is 0 Å². The maximum absolute atomic E-state index is 2.41. The van der Waals surface area contributed by atoms with Gasteiger partial charge in [0, 0.05) is 0 Å². The van der Waals surface area contributed by atoms with Gasteiger partial charge >= 0.3 is 0 Å². The van der Waals surface area contributed by atoms with Crippen LogP contribution in [0.5, 0.6) is 0 Å². The maximum Gasteiger partial charge on any atom is -0.0230 e. The van der Waals surface area contributed by atoms with Crippen molar-refractivity contribution in [2.45, 2.75) is 51.9 Å². The van der Waals surface area contributed by atoms with E-state index in [-0.39, 0.29) is 0 Å². The Labute approximate surface area is 75.7 Å². The van der Waals surface area contributed by atoms with Crippen molar-refractivity contribution in [3.63, 3.8) is 0 Å². The van der Waals surface area contributed by atoms with Crippen molar-refractivity contribution >= 4 is 0 Å². The van der Waals surface area contributed by atoms with Gasteiger partial charge in [0.25, 0.3) is 0 Å². The van der Waals surface area contributed by atoms with Crippen LogP contribution in [0.2, 0.25) is 0 Å². The molecule has 4 rings (SSSR count). The van der Waals surface area contributed by atoms with Crippen molar-refractivity contribution in [2.24, 2.45) is 17.3 Å². The fourth-order valence-electron chi connectivity index (χ4n) is 4.39. The van der Waals surface area contributed by atoms with E-state index >= 15 is 0 Å². The molecule has 12 heavy (non-hydrogen) atoms. The second-order valence-electron chi connectivity index (χ2n) is 5.56. The molecule has 0 N–H and O–H groups in total. The standard InChI is InChI=1S/C12H19/c1-2-12-6-9-3-10(7-12)5-11(4-9)8-12/h9-10H,2-8H2,1H3. The molecular formula is C12H19. The van der Waals surface area contributed by atoms with Gasteiger partial charge in [-0.1, -0.05) is 13.3 Å². The summed E-state index contributed by atoms with van der Waals surface area (Å²) >= 11 is 0. The van der Waals surface area contributed by atoms with Gasteiger partial charge < -0.3 is 0 Å². The van der Waals surface area contributed by atoms with Gasteiger partial charge in [-0.25, -0.2) is 0 Å². The first kappa shape index (κ1) is 7.41. The van der Waals surface area contributed by atoms with Gasteiger partial charge in [0.15, 0.2) is 0 Å².